The van der Waals surface area contributed by atoms with Crippen molar-refractivity contribution in [1.29, 1.82) is 0 Å². The van der Waals surface area contributed by atoms with Crippen molar-refractivity contribution in [2.75, 3.05) is 11.1 Å². The number of nitrogens with one attached hydrogen (secondary N) is 2. The predicted molar refractivity (Wildman–Crippen MR) is 92.9 cm³/mol. The number of aromatic nitrogens is 1. The number of carbonyl (C=O) groups excluding carboxylic acids is 1. The van der Waals surface area contributed by atoms with E-state index in [4.69, 9.17) is 5.73 Å². The molecular weight excluding hydrogens is 328 g/mol. The minimum absolute atomic E-state index is 0.106. The first-order valence-corrected chi connectivity index (χ1v) is 8.87. The molecule has 0 saturated heterocycles. The van der Waals surface area contributed by atoms with E-state index in [1.807, 2.05) is 0 Å². The molecule has 8 heteroatoms. The first kappa shape index (κ1) is 17.9. The van der Waals surface area contributed by atoms with Gasteiger partial charge in [0.2, 0.25) is 15.9 Å². The highest BCUT2D eigenvalue weighted by molar-refractivity contribution is 7.89. The molecule has 1 aromatic heterocycles. The zero-order valence-electron chi connectivity index (χ0n) is 13.5. The lowest BCUT2D eigenvalue weighted by molar-refractivity contribution is -0.115. The van der Waals surface area contributed by atoms with Gasteiger partial charge in [0.05, 0.1) is 23.2 Å². The van der Waals surface area contributed by atoms with Gasteiger partial charge in [-0.15, -0.1) is 0 Å². The Morgan fingerprint density at radius 3 is 2.38 bits per heavy atom. The van der Waals surface area contributed by atoms with Crippen LogP contribution in [0.5, 0.6) is 0 Å². The monoisotopic (exact) mass is 348 g/mol. The van der Waals surface area contributed by atoms with Crippen LogP contribution in [0.25, 0.3) is 0 Å². The van der Waals surface area contributed by atoms with Crippen molar-refractivity contribution in [1.82, 2.24) is 9.71 Å². The molecule has 0 aliphatic carbocycles. The molecule has 2 rings (SSSR count). The molecule has 0 unspecified atom stereocenters. The number of benzene rings is 1. The number of hydrogen-bond donors (Lipinski definition) is 3. The SMILES string of the molecule is CC(C)NS(=O)(=O)c1ccc(NC(=O)Cc2ccc(N)cn2)cc1. The number of pyridine rings is 1. The summed E-state index contributed by atoms with van der Waals surface area (Å²) in [5.41, 5.74) is 7.19. The van der Waals surface area contributed by atoms with Crippen LogP contribution in [-0.2, 0) is 21.2 Å². The van der Waals surface area contributed by atoms with Gasteiger partial charge >= 0.3 is 0 Å². The quantitative estimate of drug-likeness (QED) is 0.732. The Labute approximate surface area is 141 Å². The first-order valence-electron chi connectivity index (χ1n) is 7.39. The molecule has 0 fully saturated rings. The van der Waals surface area contributed by atoms with E-state index in [1.165, 1.54) is 18.3 Å². The third-order valence-electron chi connectivity index (χ3n) is 3.03. The number of rotatable bonds is 6. The van der Waals surface area contributed by atoms with Crippen molar-refractivity contribution < 1.29 is 13.2 Å². The molecule has 0 radical (unpaired) electrons. The molecule has 0 spiro atoms. The molecule has 1 amide bonds. The van der Waals surface area contributed by atoms with E-state index in [9.17, 15) is 13.2 Å². The first-order chi connectivity index (χ1) is 11.3. The maximum Gasteiger partial charge on any atom is 0.240 e. The Balaban J connectivity index is 2.01. The molecule has 0 atom stereocenters. The summed E-state index contributed by atoms with van der Waals surface area (Å²) >= 11 is 0. The zero-order valence-corrected chi connectivity index (χ0v) is 14.3. The number of nitrogens with zero attached hydrogens (tertiary/aromatic N) is 1. The van der Waals surface area contributed by atoms with Crippen LogP contribution in [0.4, 0.5) is 11.4 Å². The third-order valence-corrected chi connectivity index (χ3v) is 4.70. The fourth-order valence-electron chi connectivity index (χ4n) is 2.01. The van der Waals surface area contributed by atoms with E-state index in [1.54, 1.807) is 38.1 Å². The van der Waals surface area contributed by atoms with Gasteiger partial charge in [0.25, 0.3) is 0 Å². The molecule has 128 valence electrons. The number of anilines is 2. The maximum atomic E-state index is 12.0. The van der Waals surface area contributed by atoms with Gasteiger partial charge in [-0.25, -0.2) is 13.1 Å². The number of sulfonamides is 1. The topological polar surface area (TPSA) is 114 Å². The minimum atomic E-state index is -3.54. The summed E-state index contributed by atoms with van der Waals surface area (Å²) in [5.74, 6) is -0.247. The molecule has 0 bridgehead atoms. The second kappa shape index (κ2) is 7.41. The van der Waals surface area contributed by atoms with Crippen LogP contribution in [0.2, 0.25) is 0 Å². The minimum Gasteiger partial charge on any atom is -0.397 e. The Morgan fingerprint density at radius 2 is 1.83 bits per heavy atom. The third kappa shape index (κ3) is 5.04. The van der Waals surface area contributed by atoms with Gasteiger partial charge in [0, 0.05) is 17.4 Å². The Bertz CT molecular complexity index is 800. The number of nitrogen functional groups attached to an aromatic ring is 1. The summed E-state index contributed by atoms with van der Waals surface area (Å²) in [7, 11) is -3.54. The van der Waals surface area contributed by atoms with Gasteiger partial charge in [-0.05, 0) is 50.2 Å². The normalized spacial score (nSPS) is 11.5. The van der Waals surface area contributed by atoms with Gasteiger partial charge in [0.15, 0.2) is 0 Å². The van der Waals surface area contributed by atoms with Crippen LogP contribution in [0.15, 0.2) is 47.5 Å². The molecule has 7 nitrogen and oxygen atoms in total. The molecule has 4 N–H and O–H groups in total. The van der Waals surface area contributed by atoms with Gasteiger partial charge in [-0.3, -0.25) is 9.78 Å². The summed E-state index contributed by atoms with van der Waals surface area (Å²) in [6, 6.07) is 9.15. The highest BCUT2D eigenvalue weighted by atomic mass is 32.2. The fourth-order valence-corrected chi connectivity index (χ4v) is 3.26. The van der Waals surface area contributed by atoms with Crippen LogP contribution in [0.3, 0.4) is 0 Å². The molecule has 0 aliphatic heterocycles. The largest absolute Gasteiger partial charge is 0.397 e. The highest BCUT2D eigenvalue weighted by Crippen LogP contribution is 2.15. The van der Waals surface area contributed by atoms with Crippen LogP contribution in [0.1, 0.15) is 19.5 Å². The lowest BCUT2D eigenvalue weighted by Crippen LogP contribution is -2.30. The molecule has 1 aromatic carbocycles. The Morgan fingerprint density at radius 1 is 1.17 bits per heavy atom. The summed E-state index contributed by atoms with van der Waals surface area (Å²) in [6.45, 7) is 3.49. The summed E-state index contributed by atoms with van der Waals surface area (Å²) in [6.07, 6.45) is 1.60. The average molecular weight is 348 g/mol. The van der Waals surface area contributed by atoms with Crippen molar-refractivity contribution >= 4 is 27.3 Å². The van der Waals surface area contributed by atoms with Crippen LogP contribution in [-0.4, -0.2) is 25.4 Å². The van der Waals surface area contributed by atoms with E-state index in [0.717, 1.165) is 0 Å². The molecule has 1 heterocycles. The second-order valence-electron chi connectivity index (χ2n) is 5.61. The molecule has 2 aromatic rings. The molecule has 24 heavy (non-hydrogen) atoms. The zero-order chi connectivity index (χ0) is 17.7. The van der Waals surface area contributed by atoms with E-state index in [-0.39, 0.29) is 23.3 Å². The van der Waals surface area contributed by atoms with E-state index >= 15 is 0 Å². The smallest absolute Gasteiger partial charge is 0.240 e. The second-order valence-corrected chi connectivity index (χ2v) is 7.32. The van der Waals surface area contributed by atoms with Crippen molar-refractivity contribution in [2.24, 2.45) is 0 Å². The van der Waals surface area contributed by atoms with Crippen molar-refractivity contribution in [3.05, 3.63) is 48.3 Å². The summed E-state index contributed by atoms with van der Waals surface area (Å²) < 4.78 is 26.6. The molecular formula is C16H20N4O3S. The van der Waals surface area contributed by atoms with Crippen LogP contribution >= 0.6 is 0 Å². The predicted octanol–water partition coefficient (Wildman–Crippen LogP) is 1.53. The average Bonchev–Trinajstić information content (AvgIpc) is 2.49. The van der Waals surface area contributed by atoms with E-state index in [0.29, 0.717) is 17.1 Å². The standard InChI is InChI=1S/C16H20N4O3S/c1-11(2)20-24(22,23)15-7-5-13(6-8-15)19-16(21)9-14-4-3-12(17)10-18-14/h3-8,10-11,20H,9,17H2,1-2H3,(H,19,21). The van der Waals surface area contributed by atoms with Gasteiger partial charge in [-0.2, -0.15) is 0 Å². The van der Waals surface area contributed by atoms with Crippen molar-refractivity contribution in [3.63, 3.8) is 0 Å². The number of carbonyl (C=O) groups is 1. The maximum absolute atomic E-state index is 12.0. The number of hydrogen-bond acceptors (Lipinski definition) is 5. The van der Waals surface area contributed by atoms with Crippen molar-refractivity contribution in [2.45, 2.75) is 31.2 Å². The van der Waals surface area contributed by atoms with E-state index < -0.39 is 10.0 Å². The van der Waals surface area contributed by atoms with Gasteiger partial charge in [-0.1, -0.05) is 0 Å². The Kier molecular flexibility index (Phi) is 5.53. The highest BCUT2D eigenvalue weighted by Gasteiger charge is 2.15. The van der Waals surface area contributed by atoms with Crippen molar-refractivity contribution in [3.8, 4) is 0 Å². The number of nitrogens with two attached hydrogens (primary N) is 1. The van der Waals surface area contributed by atoms with Crippen LogP contribution in [0, 0.1) is 0 Å². The fraction of sp³-hybridized carbons (Fsp3) is 0.250. The summed E-state index contributed by atoms with van der Waals surface area (Å²) in [4.78, 5) is 16.2. The van der Waals surface area contributed by atoms with Gasteiger partial charge < -0.3 is 11.1 Å². The van der Waals surface area contributed by atoms with Gasteiger partial charge in [0.1, 0.15) is 0 Å². The molecule has 0 aliphatic rings. The lowest BCUT2D eigenvalue weighted by Gasteiger charge is -2.10. The lowest BCUT2D eigenvalue weighted by atomic mass is 10.2. The Hall–Kier alpha value is -2.45. The molecule has 0 saturated carbocycles. The van der Waals surface area contributed by atoms with Crippen LogP contribution < -0.4 is 15.8 Å². The summed E-state index contributed by atoms with van der Waals surface area (Å²) in [5, 5.41) is 2.70. The number of amides is 1. The van der Waals surface area contributed by atoms with E-state index in [2.05, 4.69) is 15.0 Å².